The predicted molar refractivity (Wildman–Crippen MR) is 75.7 cm³/mol. The lowest BCUT2D eigenvalue weighted by Gasteiger charge is -2.08. The number of carbonyl (C=O) groups is 1. The Morgan fingerprint density at radius 2 is 1.76 bits per heavy atom. The number of nitro benzene ring substituents is 1. The fourth-order valence-corrected chi connectivity index (χ4v) is 2.71. The molecule has 2 aromatic rings. The van der Waals surface area contributed by atoms with Crippen LogP contribution in [0.4, 0.5) is 11.4 Å². The van der Waals surface area contributed by atoms with Gasteiger partial charge >= 0.3 is 0 Å². The highest BCUT2D eigenvalue weighted by atomic mass is 32.2. The van der Waals surface area contributed by atoms with Crippen LogP contribution in [0, 0.1) is 10.1 Å². The average Bonchev–Trinajstić information content (AvgIpc) is 2.48. The second-order valence-corrected chi connectivity index (χ2v) is 5.78. The second kappa shape index (κ2) is 5.71. The zero-order valence-electron chi connectivity index (χ0n) is 10.6. The Morgan fingerprint density at radius 3 is 2.33 bits per heavy atom. The average molecular weight is 306 g/mol. The molecule has 0 aliphatic rings. The molecule has 0 saturated carbocycles. The Kier molecular flexibility index (Phi) is 3.99. The van der Waals surface area contributed by atoms with Crippen molar-refractivity contribution in [1.82, 2.24) is 0 Å². The first-order chi connectivity index (χ1) is 9.92. The molecule has 2 rings (SSSR count). The van der Waals surface area contributed by atoms with Gasteiger partial charge in [0.25, 0.3) is 15.7 Å². The Bertz CT molecular complexity index is 784. The summed E-state index contributed by atoms with van der Waals surface area (Å²) in [4.78, 5) is 20.3. The molecular formula is C13H10N2O5S. The van der Waals surface area contributed by atoms with E-state index in [1.165, 1.54) is 42.5 Å². The third-order valence-electron chi connectivity index (χ3n) is 2.64. The molecular weight excluding hydrogens is 296 g/mol. The molecule has 0 bridgehead atoms. The summed E-state index contributed by atoms with van der Waals surface area (Å²) in [6, 6.07) is 10.5. The van der Waals surface area contributed by atoms with Crippen molar-refractivity contribution in [3.8, 4) is 0 Å². The predicted octanol–water partition coefficient (Wildman–Crippen LogP) is 2.21. The number of aldehydes is 1. The lowest BCUT2D eigenvalue weighted by molar-refractivity contribution is -0.385. The SMILES string of the molecule is O=Cc1ccc(NS(=O)(=O)c2cccc([N+](=O)[O-])c2)cc1. The van der Waals surface area contributed by atoms with Crippen LogP contribution in [0.15, 0.2) is 53.4 Å². The molecule has 0 aromatic heterocycles. The maximum absolute atomic E-state index is 12.1. The van der Waals surface area contributed by atoms with Crippen LogP contribution in [0.5, 0.6) is 0 Å². The van der Waals surface area contributed by atoms with Crippen molar-refractivity contribution in [3.63, 3.8) is 0 Å². The molecule has 8 heteroatoms. The van der Waals surface area contributed by atoms with Gasteiger partial charge in [-0.2, -0.15) is 0 Å². The molecule has 0 radical (unpaired) electrons. The van der Waals surface area contributed by atoms with E-state index in [-0.39, 0.29) is 16.3 Å². The minimum Gasteiger partial charge on any atom is -0.298 e. The summed E-state index contributed by atoms with van der Waals surface area (Å²) >= 11 is 0. The summed E-state index contributed by atoms with van der Waals surface area (Å²) in [5, 5.41) is 10.7. The number of nitrogens with one attached hydrogen (secondary N) is 1. The second-order valence-electron chi connectivity index (χ2n) is 4.10. The number of hydrogen-bond donors (Lipinski definition) is 1. The standard InChI is InChI=1S/C13H10N2O5S/c16-9-10-4-6-11(7-5-10)14-21(19,20)13-3-1-2-12(8-13)15(17)18/h1-9,14H. The van der Waals surface area contributed by atoms with Crippen molar-refractivity contribution in [3.05, 3.63) is 64.2 Å². The van der Waals surface area contributed by atoms with E-state index in [1.807, 2.05) is 0 Å². The molecule has 0 unspecified atom stereocenters. The molecule has 0 heterocycles. The largest absolute Gasteiger partial charge is 0.298 e. The molecule has 0 spiro atoms. The van der Waals surface area contributed by atoms with Crippen molar-refractivity contribution >= 4 is 27.7 Å². The van der Waals surface area contributed by atoms with E-state index in [1.54, 1.807) is 0 Å². The van der Waals surface area contributed by atoms with Crippen LogP contribution >= 0.6 is 0 Å². The molecule has 0 fully saturated rings. The third-order valence-corrected chi connectivity index (χ3v) is 4.02. The van der Waals surface area contributed by atoms with Crippen LogP contribution in [0.1, 0.15) is 10.4 Å². The number of nitro groups is 1. The number of carbonyl (C=O) groups excluding carboxylic acids is 1. The van der Waals surface area contributed by atoms with Crippen LogP contribution in [0.2, 0.25) is 0 Å². The van der Waals surface area contributed by atoms with Crippen molar-refractivity contribution in [1.29, 1.82) is 0 Å². The zero-order chi connectivity index (χ0) is 15.5. The van der Waals surface area contributed by atoms with Crippen LogP contribution in [0.3, 0.4) is 0 Å². The number of anilines is 1. The first kappa shape index (κ1) is 14.7. The van der Waals surface area contributed by atoms with E-state index >= 15 is 0 Å². The quantitative estimate of drug-likeness (QED) is 0.518. The van der Waals surface area contributed by atoms with E-state index < -0.39 is 14.9 Å². The highest BCUT2D eigenvalue weighted by molar-refractivity contribution is 7.92. The van der Waals surface area contributed by atoms with Gasteiger partial charge in [-0.05, 0) is 30.3 Å². The Morgan fingerprint density at radius 1 is 1.10 bits per heavy atom. The lowest BCUT2D eigenvalue weighted by atomic mass is 10.2. The summed E-state index contributed by atoms with van der Waals surface area (Å²) in [6.07, 6.45) is 0.638. The Balaban J connectivity index is 2.31. The number of hydrogen-bond acceptors (Lipinski definition) is 5. The van der Waals surface area contributed by atoms with Crippen molar-refractivity contribution in [2.24, 2.45) is 0 Å². The highest BCUT2D eigenvalue weighted by Gasteiger charge is 2.17. The smallest absolute Gasteiger partial charge is 0.270 e. The van der Waals surface area contributed by atoms with Crippen LogP contribution in [0.25, 0.3) is 0 Å². The molecule has 7 nitrogen and oxygen atoms in total. The van der Waals surface area contributed by atoms with Crippen molar-refractivity contribution in [2.45, 2.75) is 4.90 Å². The summed E-state index contributed by atoms with van der Waals surface area (Å²) in [5.74, 6) is 0. The number of nitrogens with zero attached hydrogens (tertiary/aromatic N) is 1. The van der Waals surface area contributed by atoms with Gasteiger partial charge in [-0.15, -0.1) is 0 Å². The monoisotopic (exact) mass is 306 g/mol. The van der Waals surface area contributed by atoms with Gasteiger partial charge in [-0.1, -0.05) is 6.07 Å². The Labute approximate surface area is 120 Å². The molecule has 0 saturated heterocycles. The van der Waals surface area contributed by atoms with Gasteiger partial charge in [0, 0.05) is 23.4 Å². The molecule has 0 amide bonds. The van der Waals surface area contributed by atoms with E-state index in [4.69, 9.17) is 0 Å². The van der Waals surface area contributed by atoms with Crippen LogP contribution in [-0.4, -0.2) is 19.6 Å². The summed E-state index contributed by atoms with van der Waals surface area (Å²) in [6.45, 7) is 0. The molecule has 1 N–H and O–H groups in total. The van der Waals surface area contributed by atoms with Gasteiger partial charge in [0.1, 0.15) is 6.29 Å². The molecule has 0 aliphatic heterocycles. The zero-order valence-corrected chi connectivity index (χ0v) is 11.4. The Hall–Kier alpha value is -2.74. The molecule has 108 valence electrons. The van der Waals surface area contributed by atoms with Gasteiger partial charge in [0.05, 0.1) is 9.82 Å². The third kappa shape index (κ3) is 3.42. The number of sulfonamides is 1. The van der Waals surface area contributed by atoms with Gasteiger partial charge in [0.2, 0.25) is 0 Å². The maximum Gasteiger partial charge on any atom is 0.270 e. The number of benzene rings is 2. The number of non-ortho nitro benzene ring substituents is 1. The molecule has 0 aliphatic carbocycles. The first-order valence-electron chi connectivity index (χ1n) is 5.75. The van der Waals surface area contributed by atoms with Crippen molar-refractivity contribution in [2.75, 3.05) is 4.72 Å². The maximum atomic E-state index is 12.1. The van der Waals surface area contributed by atoms with E-state index in [2.05, 4.69) is 4.72 Å². The highest BCUT2D eigenvalue weighted by Crippen LogP contribution is 2.20. The topological polar surface area (TPSA) is 106 Å². The van der Waals surface area contributed by atoms with E-state index in [0.29, 0.717) is 11.8 Å². The minimum absolute atomic E-state index is 0.212. The van der Waals surface area contributed by atoms with Gasteiger partial charge in [-0.25, -0.2) is 8.42 Å². The van der Waals surface area contributed by atoms with Gasteiger partial charge in [0.15, 0.2) is 0 Å². The van der Waals surface area contributed by atoms with Crippen LogP contribution in [-0.2, 0) is 10.0 Å². The fraction of sp³-hybridized carbons (Fsp3) is 0. The summed E-state index contributed by atoms with van der Waals surface area (Å²) in [7, 11) is -3.93. The summed E-state index contributed by atoms with van der Waals surface area (Å²) < 4.78 is 26.5. The molecule has 0 atom stereocenters. The van der Waals surface area contributed by atoms with E-state index in [0.717, 1.165) is 6.07 Å². The van der Waals surface area contributed by atoms with Crippen LogP contribution < -0.4 is 4.72 Å². The minimum atomic E-state index is -3.93. The first-order valence-corrected chi connectivity index (χ1v) is 7.23. The lowest BCUT2D eigenvalue weighted by Crippen LogP contribution is -2.13. The molecule has 21 heavy (non-hydrogen) atoms. The summed E-state index contributed by atoms with van der Waals surface area (Å²) in [5.41, 5.74) is 0.356. The normalized spacial score (nSPS) is 10.9. The van der Waals surface area contributed by atoms with Gasteiger partial charge < -0.3 is 0 Å². The molecule has 2 aromatic carbocycles. The fourth-order valence-electron chi connectivity index (χ4n) is 1.61. The van der Waals surface area contributed by atoms with Crippen molar-refractivity contribution < 1.29 is 18.1 Å². The number of rotatable bonds is 5. The van der Waals surface area contributed by atoms with Gasteiger partial charge in [-0.3, -0.25) is 19.6 Å². The van der Waals surface area contributed by atoms with E-state index in [9.17, 15) is 23.3 Å².